The highest BCUT2D eigenvalue weighted by atomic mass is 32.1. The first-order chi connectivity index (χ1) is 14.6. The van der Waals surface area contributed by atoms with E-state index in [2.05, 4.69) is 0 Å². The molecule has 2 aromatic heterocycles. The van der Waals surface area contributed by atoms with Crippen molar-refractivity contribution in [1.29, 1.82) is 0 Å². The van der Waals surface area contributed by atoms with Crippen LogP contribution in [0, 0.1) is 0 Å². The number of nitrogens with zero attached hydrogens (tertiary/aromatic N) is 2. The fourth-order valence-electron chi connectivity index (χ4n) is 4.06. The zero-order valence-electron chi connectivity index (χ0n) is 17.5. The van der Waals surface area contributed by atoms with Crippen molar-refractivity contribution in [1.82, 2.24) is 9.13 Å². The van der Waals surface area contributed by atoms with Crippen LogP contribution in [0.3, 0.4) is 0 Å². The summed E-state index contributed by atoms with van der Waals surface area (Å²) in [5.74, 6) is 0.663. The number of hydrogen-bond donors (Lipinski definition) is 0. The molecule has 0 spiro atoms. The number of hydrogen-bond acceptors (Lipinski definition) is 6. The van der Waals surface area contributed by atoms with Crippen molar-refractivity contribution in [2.24, 2.45) is 0 Å². The van der Waals surface area contributed by atoms with Gasteiger partial charge in [-0.1, -0.05) is 6.42 Å². The second-order valence-corrected chi connectivity index (χ2v) is 8.46. The van der Waals surface area contributed by atoms with Gasteiger partial charge >= 0.3 is 5.69 Å². The SMILES string of the molecule is COc1ccc(-n2c(=O)c3c4c(sc3n(CC(OC)OC)c2=O)CCCCC4)cc1. The first-order valence-electron chi connectivity index (χ1n) is 10.1. The molecule has 3 aromatic rings. The van der Waals surface area contributed by atoms with Gasteiger partial charge in [0.1, 0.15) is 10.6 Å². The molecule has 0 N–H and O–H groups in total. The lowest BCUT2D eigenvalue weighted by molar-refractivity contribution is -0.110. The van der Waals surface area contributed by atoms with Crippen molar-refractivity contribution in [3.05, 3.63) is 55.5 Å². The van der Waals surface area contributed by atoms with Gasteiger partial charge in [-0.2, -0.15) is 0 Å². The monoisotopic (exact) mass is 430 g/mol. The van der Waals surface area contributed by atoms with Crippen LogP contribution in [0.4, 0.5) is 0 Å². The number of thiophene rings is 1. The van der Waals surface area contributed by atoms with Gasteiger partial charge in [0.25, 0.3) is 5.56 Å². The molecule has 4 rings (SSSR count). The van der Waals surface area contributed by atoms with Gasteiger partial charge < -0.3 is 14.2 Å². The molecule has 0 aliphatic heterocycles. The quantitative estimate of drug-likeness (QED) is 0.444. The predicted molar refractivity (Wildman–Crippen MR) is 117 cm³/mol. The molecule has 160 valence electrons. The molecule has 8 heteroatoms. The summed E-state index contributed by atoms with van der Waals surface area (Å²) in [6.07, 6.45) is 4.54. The van der Waals surface area contributed by atoms with E-state index in [1.54, 1.807) is 61.5 Å². The molecule has 0 bridgehead atoms. The number of aryl methyl sites for hydroxylation is 2. The van der Waals surface area contributed by atoms with Crippen LogP contribution in [0.1, 0.15) is 29.7 Å². The number of fused-ring (bicyclic) bond motifs is 3. The molecular weight excluding hydrogens is 404 g/mol. The maximum atomic E-state index is 13.6. The van der Waals surface area contributed by atoms with Crippen LogP contribution in [0.25, 0.3) is 15.9 Å². The second kappa shape index (κ2) is 8.75. The lowest BCUT2D eigenvalue weighted by Gasteiger charge is -2.17. The van der Waals surface area contributed by atoms with E-state index < -0.39 is 12.0 Å². The third kappa shape index (κ3) is 3.59. The zero-order chi connectivity index (χ0) is 21.3. The second-order valence-electron chi connectivity index (χ2n) is 7.38. The summed E-state index contributed by atoms with van der Waals surface area (Å²) in [6, 6.07) is 6.95. The van der Waals surface area contributed by atoms with E-state index in [1.165, 1.54) is 9.44 Å². The van der Waals surface area contributed by atoms with E-state index in [4.69, 9.17) is 14.2 Å². The van der Waals surface area contributed by atoms with Crippen molar-refractivity contribution in [2.75, 3.05) is 21.3 Å². The van der Waals surface area contributed by atoms with Crippen LogP contribution in [0.2, 0.25) is 0 Å². The van der Waals surface area contributed by atoms with Gasteiger partial charge in [0.2, 0.25) is 0 Å². The molecule has 0 saturated carbocycles. The molecular formula is C22H26N2O5S. The Kier molecular flexibility index (Phi) is 6.08. The van der Waals surface area contributed by atoms with Gasteiger partial charge in [0, 0.05) is 19.1 Å². The molecule has 0 fully saturated rings. The Morgan fingerprint density at radius 1 is 1.00 bits per heavy atom. The summed E-state index contributed by atoms with van der Waals surface area (Å²) in [5.41, 5.74) is 0.955. The third-order valence-corrected chi connectivity index (χ3v) is 6.99. The summed E-state index contributed by atoms with van der Waals surface area (Å²) < 4.78 is 18.8. The molecule has 1 aliphatic rings. The molecule has 0 unspecified atom stereocenters. The minimum absolute atomic E-state index is 0.207. The van der Waals surface area contributed by atoms with Gasteiger partial charge in [-0.05, 0) is 55.5 Å². The average Bonchev–Trinajstić information content (AvgIpc) is 2.97. The summed E-state index contributed by atoms with van der Waals surface area (Å²) in [6.45, 7) is 0.207. The van der Waals surface area contributed by atoms with E-state index in [9.17, 15) is 9.59 Å². The molecule has 1 aromatic carbocycles. The van der Waals surface area contributed by atoms with Crippen molar-refractivity contribution in [3.63, 3.8) is 0 Å². The largest absolute Gasteiger partial charge is 0.497 e. The van der Waals surface area contributed by atoms with Crippen LogP contribution < -0.4 is 16.0 Å². The number of aromatic nitrogens is 2. The standard InChI is InChI=1S/C22H26N2O5S/c1-27-15-11-9-14(10-12-15)24-20(25)19-16-7-5-4-6-8-17(16)30-21(19)23(22(24)26)13-18(28-2)29-3/h9-12,18H,4-8,13H2,1-3H3. The first-order valence-corrected chi connectivity index (χ1v) is 10.9. The molecule has 0 atom stereocenters. The van der Waals surface area contributed by atoms with Gasteiger partial charge in [-0.15, -0.1) is 11.3 Å². The highest BCUT2D eigenvalue weighted by Gasteiger charge is 2.24. The lowest BCUT2D eigenvalue weighted by Crippen LogP contribution is -2.41. The minimum atomic E-state index is -0.588. The summed E-state index contributed by atoms with van der Waals surface area (Å²) in [7, 11) is 4.66. The molecule has 30 heavy (non-hydrogen) atoms. The number of ether oxygens (including phenoxy) is 3. The molecule has 0 saturated heterocycles. The van der Waals surface area contributed by atoms with E-state index in [1.807, 2.05) is 0 Å². The Morgan fingerprint density at radius 2 is 1.70 bits per heavy atom. The van der Waals surface area contributed by atoms with E-state index in [-0.39, 0.29) is 12.1 Å². The first kappa shape index (κ1) is 20.8. The molecule has 0 radical (unpaired) electrons. The molecule has 2 heterocycles. The van der Waals surface area contributed by atoms with Crippen molar-refractivity contribution < 1.29 is 14.2 Å². The number of methoxy groups -OCH3 is 3. The topological polar surface area (TPSA) is 71.7 Å². The fourth-order valence-corrected chi connectivity index (χ4v) is 5.44. The van der Waals surface area contributed by atoms with Crippen LogP contribution >= 0.6 is 11.3 Å². The van der Waals surface area contributed by atoms with E-state index in [0.29, 0.717) is 21.7 Å². The van der Waals surface area contributed by atoms with E-state index in [0.717, 1.165) is 37.7 Å². The molecule has 1 aliphatic carbocycles. The lowest BCUT2D eigenvalue weighted by atomic mass is 10.1. The Morgan fingerprint density at radius 3 is 2.37 bits per heavy atom. The normalized spacial score (nSPS) is 14.1. The van der Waals surface area contributed by atoms with Crippen LogP contribution in [-0.2, 0) is 28.9 Å². The number of benzene rings is 1. The van der Waals surface area contributed by atoms with Crippen molar-refractivity contribution in [3.8, 4) is 11.4 Å². The molecule has 0 amide bonds. The van der Waals surface area contributed by atoms with Gasteiger partial charge in [-0.25, -0.2) is 9.36 Å². The maximum absolute atomic E-state index is 13.6. The Hall–Kier alpha value is -2.42. The summed E-state index contributed by atoms with van der Waals surface area (Å²) in [4.78, 5) is 29.0. The molecule has 7 nitrogen and oxygen atoms in total. The van der Waals surface area contributed by atoms with Crippen molar-refractivity contribution >= 4 is 21.6 Å². The Bertz CT molecular complexity index is 1160. The third-order valence-electron chi connectivity index (χ3n) is 5.68. The highest BCUT2D eigenvalue weighted by Crippen LogP contribution is 2.33. The predicted octanol–water partition coefficient (Wildman–Crippen LogP) is 3.11. The summed E-state index contributed by atoms with van der Waals surface area (Å²) in [5, 5.41) is 0.651. The fraction of sp³-hybridized carbons (Fsp3) is 0.455. The van der Waals surface area contributed by atoms with Gasteiger partial charge in [0.15, 0.2) is 6.29 Å². The zero-order valence-corrected chi connectivity index (χ0v) is 18.3. The highest BCUT2D eigenvalue weighted by molar-refractivity contribution is 7.18. The number of rotatable bonds is 6. The van der Waals surface area contributed by atoms with Gasteiger partial charge in [-0.3, -0.25) is 9.36 Å². The van der Waals surface area contributed by atoms with E-state index >= 15 is 0 Å². The van der Waals surface area contributed by atoms with Crippen LogP contribution in [-0.4, -0.2) is 36.8 Å². The smallest absolute Gasteiger partial charge is 0.336 e. The average molecular weight is 431 g/mol. The van der Waals surface area contributed by atoms with Gasteiger partial charge in [0.05, 0.1) is 24.7 Å². The van der Waals surface area contributed by atoms with Crippen LogP contribution in [0.5, 0.6) is 5.75 Å². The maximum Gasteiger partial charge on any atom is 0.336 e. The summed E-state index contributed by atoms with van der Waals surface area (Å²) >= 11 is 1.56. The van der Waals surface area contributed by atoms with Crippen LogP contribution in [0.15, 0.2) is 33.9 Å². The van der Waals surface area contributed by atoms with Crippen molar-refractivity contribution in [2.45, 2.75) is 44.9 Å². The Balaban J connectivity index is 2.02. The minimum Gasteiger partial charge on any atom is -0.497 e. The Labute approximate surface area is 178 Å².